The number of aromatic nitrogens is 2. The highest BCUT2D eigenvalue weighted by Crippen LogP contribution is 2.27. The van der Waals surface area contributed by atoms with Gasteiger partial charge in [0.05, 0.1) is 12.1 Å². The minimum Gasteiger partial charge on any atom is -0.369 e. The molecule has 3 rings (SSSR count). The summed E-state index contributed by atoms with van der Waals surface area (Å²) in [6.45, 7) is 0.577. The number of hydrogen-bond donors (Lipinski definition) is 1. The van der Waals surface area contributed by atoms with Gasteiger partial charge in [-0.3, -0.25) is 4.79 Å². The molecule has 0 saturated carbocycles. The van der Waals surface area contributed by atoms with E-state index in [4.69, 9.17) is 17.3 Å². The third kappa shape index (κ3) is 3.43. The zero-order chi connectivity index (χ0) is 16.2. The number of carbonyl (C=O) groups excluding carboxylic acids is 1. The van der Waals surface area contributed by atoms with Gasteiger partial charge in [-0.2, -0.15) is 0 Å². The van der Waals surface area contributed by atoms with Gasteiger partial charge in [0.1, 0.15) is 5.82 Å². The molecule has 1 heterocycles. The SMILES string of the molecule is NC(=O)Cc1c(Cl)nc(-c2ccccc2)n1Cc1ccccc1. The molecule has 0 atom stereocenters. The number of halogens is 1. The van der Waals surface area contributed by atoms with Crippen molar-refractivity contribution in [2.24, 2.45) is 5.73 Å². The molecule has 4 nitrogen and oxygen atoms in total. The third-order valence-electron chi connectivity index (χ3n) is 3.58. The number of benzene rings is 2. The van der Waals surface area contributed by atoms with E-state index in [1.807, 2.05) is 65.2 Å². The lowest BCUT2D eigenvalue weighted by molar-refractivity contribution is -0.117. The summed E-state index contributed by atoms with van der Waals surface area (Å²) >= 11 is 6.27. The van der Waals surface area contributed by atoms with Crippen LogP contribution in [0.2, 0.25) is 5.15 Å². The first-order chi connectivity index (χ1) is 11.1. The molecule has 0 saturated heterocycles. The fraction of sp³-hybridized carbons (Fsp3) is 0.111. The van der Waals surface area contributed by atoms with Crippen molar-refractivity contribution in [2.75, 3.05) is 0 Å². The molecule has 1 aromatic heterocycles. The van der Waals surface area contributed by atoms with Crippen LogP contribution in [0.25, 0.3) is 11.4 Å². The van der Waals surface area contributed by atoms with Crippen LogP contribution in [-0.4, -0.2) is 15.5 Å². The van der Waals surface area contributed by atoms with Gasteiger partial charge in [0.2, 0.25) is 5.91 Å². The minimum absolute atomic E-state index is 0.0610. The summed E-state index contributed by atoms with van der Waals surface area (Å²) in [5.74, 6) is 0.302. The highest BCUT2D eigenvalue weighted by atomic mass is 35.5. The van der Waals surface area contributed by atoms with Crippen molar-refractivity contribution in [3.05, 3.63) is 77.1 Å². The van der Waals surface area contributed by atoms with Crippen LogP contribution in [0.5, 0.6) is 0 Å². The molecule has 0 aliphatic rings. The van der Waals surface area contributed by atoms with E-state index in [2.05, 4.69) is 4.98 Å². The minimum atomic E-state index is -0.430. The number of hydrogen-bond acceptors (Lipinski definition) is 2. The number of nitrogens with zero attached hydrogens (tertiary/aromatic N) is 2. The zero-order valence-corrected chi connectivity index (χ0v) is 13.2. The van der Waals surface area contributed by atoms with Gasteiger partial charge in [-0.1, -0.05) is 72.3 Å². The maximum Gasteiger partial charge on any atom is 0.223 e. The van der Waals surface area contributed by atoms with Gasteiger partial charge >= 0.3 is 0 Å². The average molecular weight is 326 g/mol. The van der Waals surface area contributed by atoms with Gasteiger partial charge in [0.25, 0.3) is 0 Å². The van der Waals surface area contributed by atoms with Crippen LogP contribution in [0, 0.1) is 0 Å². The van der Waals surface area contributed by atoms with Crippen molar-refractivity contribution < 1.29 is 4.79 Å². The zero-order valence-electron chi connectivity index (χ0n) is 12.4. The van der Waals surface area contributed by atoms with Crippen LogP contribution in [0.1, 0.15) is 11.3 Å². The second-order valence-electron chi connectivity index (χ2n) is 5.25. The van der Waals surface area contributed by atoms with E-state index < -0.39 is 5.91 Å². The van der Waals surface area contributed by atoms with Gasteiger partial charge in [-0.25, -0.2) is 4.98 Å². The molecule has 0 aliphatic carbocycles. The molecule has 0 radical (unpaired) electrons. The van der Waals surface area contributed by atoms with Crippen LogP contribution in [0.4, 0.5) is 0 Å². The Bertz CT molecular complexity index is 813. The molecule has 0 bridgehead atoms. The van der Waals surface area contributed by atoms with E-state index in [0.29, 0.717) is 17.4 Å². The number of imidazole rings is 1. The molecule has 5 heteroatoms. The number of amides is 1. The second kappa shape index (κ2) is 6.67. The van der Waals surface area contributed by atoms with E-state index in [-0.39, 0.29) is 6.42 Å². The number of primary amides is 1. The molecular formula is C18H16ClN3O. The van der Waals surface area contributed by atoms with Crippen molar-refractivity contribution in [1.29, 1.82) is 0 Å². The van der Waals surface area contributed by atoms with Crippen molar-refractivity contribution in [2.45, 2.75) is 13.0 Å². The molecule has 1 amide bonds. The molecule has 0 unspecified atom stereocenters. The fourth-order valence-corrected chi connectivity index (χ4v) is 2.78. The molecule has 2 aromatic carbocycles. The van der Waals surface area contributed by atoms with Gasteiger partial charge in [-0.05, 0) is 5.56 Å². The first-order valence-electron chi connectivity index (χ1n) is 7.27. The van der Waals surface area contributed by atoms with E-state index in [9.17, 15) is 4.79 Å². The molecule has 116 valence electrons. The summed E-state index contributed by atoms with van der Waals surface area (Å²) in [6, 6.07) is 19.7. The van der Waals surface area contributed by atoms with Crippen molar-refractivity contribution in [3.8, 4) is 11.4 Å². The summed E-state index contributed by atoms with van der Waals surface area (Å²) in [4.78, 5) is 15.8. The summed E-state index contributed by atoms with van der Waals surface area (Å²) in [5, 5.41) is 0.318. The summed E-state index contributed by atoms with van der Waals surface area (Å²) in [5.41, 5.74) is 8.05. The van der Waals surface area contributed by atoms with E-state index in [1.54, 1.807) is 0 Å². The monoisotopic (exact) mass is 325 g/mol. The van der Waals surface area contributed by atoms with Crippen LogP contribution in [0.15, 0.2) is 60.7 Å². The predicted octanol–water partition coefficient (Wildman–Crippen LogP) is 3.28. The highest BCUT2D eigenvalue weighted by molar-refractivity contribution is 6.30. The molecule has 23 heavy (non-hydrogen) atoms. The van der Waals surface area contributed by atoms with Gasteiger partial charge in [0, 0.05) is 12.1 Å². The number of carbonyl (C=O) groups is 1. The Kier molecular flexibility index (Phi) is 4.44. The van der Waals surface area contributed by atoms with Crippen LogP contribution in [0.3, 0.4) is 0 Å². The largest absolute Gasteiger partial charge is 0.369 e. The Labute approximate surface area is 139 Å². The smallest absolute Gasteiger partial charge is 0.223 e. The normalized spacial score (nSPS) is 10.7. The molecule has 0 fully saturated rings. The van der Waals surface area contributed by atoms with Crippen molar-refractivity contribution >= 4 is 17.5 Å². The second-order valence-corrected chi connectivity index (χ2v) is 5.61. The highest BCUT2D eigenvalue weighted by Gasteiger charge is 2.18. The number of nitrogens with two attached hydrogens (primary N) is 1. The quantitative estimate of drug-likeness (QED) is 0.782. The summed E-state index contributed by atoms with van der Waals surface area (Å²) in [7, 11) is 0. The van der Waals surface area contributed by atoms with E-state index in [1.165, 1.54) is 0 Å². The Morgan fingerprint density at radius 2 is 1.65 bits per heavy atom. The molecule has 0 spiro atoms. The predicted molar refractivity (Wildman–Crippen MR) is 91.1 cm³/mol. The van der Waals surface area contributed by atoms with E-state index in [0.717, 1.165) is 17.0 Å². The Morgan fingerprint density at radius 1 is 1.04 bits per heavy atom. The van der Waals surface area contributed by atoms with Crippen molar-refractivity contribution in [3.63, 3.8) is 0 Å². The number of rotatable bonds is 5. The summed E-state index contributed by atoms with van der Waals surface area (Å²) < 4.78 is 1.96. The Hall–Kier alpha value is -2.59. The Balaban J connectivity index is 2.10. The molecular weight excluding hydrogens is 310 g/mol. The lowest BCUT2D eigenvalue weighted by atomic mass is 10.2. The van der Waals surface area contributed by atoms with E-state index >= 15 is 0 Å². The van der Waals surface area contributed by atoms with Gasteiger partial charge in [0.15, 0.2) is 5.15 Å². The van der Waals surface area contributed by atoms with Crippen molar-refractivity contribution in [1.82, 2.24) is 9.55 Å². The lowest BCUT2D eigenvalue weighted by Crippen LogP contribution is -2.17. The first kappa shape index (κ1) is 15.3. The van der Waals surface area contributed by atoms with Crippen LogP contribution < -0.4 is 5.73 Å². The van der Waals surface area contributed by atoms with Crippen LogP contribution in [-0.2, 0) is 17.8 Å². The fourth-order valence-electron chi connectivity index (χ4n) is 2.53. The Morgan fingerprint density at radius 3 is 2.26 bits per heavy atom. The molecule has 0 aliphatic heterocycles. The third-order valence-corrected chi connectivity index (χ3v) is 3.88. The van der Waals surface area contributed by atoms with Gasteiger partial charge in [-0.15, -0.1) is 0 Å². The summed E-state index contributed by atoms with van der Waals surface area (Å²) in [6.07, 6.45) is 0.0610. The average Bonchev–Trinajstić information content (AvgIpc) is 2.85. The molecule has 2 N–H and O–H groups in total. The first-order valence-corrected chi connectivity index (χ1v) is 7.65. The molecule has 3 aromatic rings. The van der Waals surface area contributed by atoms with Crippen LogP contribution >= 0.6 is 11.6 Å². The maximum absolute atomic E-state index is 11.4. The standard InChI is InChI=1S/C18H16ClN3O/c19-17-15(11-16(20)23)22(12-13-7-3-1-4-8-13)18(21-17)14-9-5-2-6-10-14/h1-10H,11-12H2,(H2,20,23). The topological polar surface area (TPSA) is 60.9 Å². The van der Waals surface area contributed by atoms with Gasteiger partial charge < -0.3 is 10.3 Å². The lowest BCUT2D eigenvalue weighted by Gasteiger charge is -2.12. The maximum atomic E-state index is 11.4.